The van der Waals surface area contributed by atoms with Crippen LogP contribution in [-0.4, -0.2) is 19.1 Å². The SMILES string of the molecule is C1=CCC(c2nc(-c3cc(-c4ccccc4)c(-n4c5ccccc5c5ccc6c7ccccc7n(-c7ccccc7)c6c54)c(-c4ccccc4)c3)c3oc4ccccc4c3n2)C=C1. The minimum absolute atomic E-state index is 0.0460. The molecule has 0 fully saturated rings. The number of benzene rings is 8. The first kappa shape index (κ1) is 35.5. The molecule has 0 amide bonds. The number of para-hydroxylation sites is 4. The number of hydrogen-bond acceptors (Lipinski definition) is 3. The van der Waals surface area contributed by atoms with E-state index in [0.717, 1.165) is 90.2 Å². The van der Waals surface area contributed by atoms with Crippen LogP contribution in [-0.2, 0) is 0 Å². The van der Waals surface area contributed by atoms with E-state index in [1.165, 1.54) is 27.1 Å². The summed E-state index contributed by atoms with van der Waals surface area (Å²) in [5.74, 6) is 0.833. The zero-order valence-corrected chi connectivity index (χ0v) is 34.2. The van der Waals surface area contributed by atoms with Gasteiger partial charge in [-0.15, -0.1) is 0 Å². The molecule has 13 rings (SSSR count). The van der Waals surface area contributed by atoms with Gasteiger partial charge in [-0.2, -0.15) is 0 Å². The molecule has 1 unspecified atom stereocenters. The van der Waals surface area contributed by atoms with Crippen LogP contribution in [0.5, 0.6) is 0 Å². The van der Waals surface area contributed by atoms with Gasteiger partial charge < -0.3 is 13.6 Å². The van der Waals surface area contributed by atoms with E-state index in [0.29, 0.717) is 5.58 Å². The molecule has 0 radical (unpaired) electrons. The van der Waals surface area contributed by atoms with Gasteiger partial charge in [0.2, 0.25) is 0 Å². The normalized spacial score (nSPS) is 14.0. The van der Waals surface area contributed by atoms with Gasteiger partial charge in [0.05, 0.1) is 27.8 Å². The second kappa shape index (κ2) is 14.2. The van der Waals surface area contributed by atoms with Gasteiger partial charge in [-0.25, -0.2) is 9.97 Å². The average Bonchev–Trinajstić information content (AvgIpc) is 4.02. The van der Waals surface area contributed by atoms with Gasteiger partial charge in [0.25, 0.3) is 0 Å². The molecule has 1 aliphatic carbocycles. The van der Waals surface area contributed by atoms with Crippen LogP contribution in [0, 0.1) is 0 Å². The summed E-state index contributed by atoms with van der Waals surface area (Å²) in [5.41, 5.74) is 15.3. The van der Waals surface area contributed by atoms with Crippen molar-refractivity contribution >= 4 is 65.7 Å². The summed E-state index contributed by atoms with van der Waals surface area (Å²) < 4.78 is 11.8. The maximum Gasteiger partial charge on any atom is 0.180 e. The fourth-order valence-electron chi connectivity index (χ4n) is 10.0. The predicted molar refractivity (Wildman–Crippen MR) is 260 cm³/mol. The highest BCUT2D eigenvalue weighted by atomic mass is 16.3. The number of aromatic nitrogens is 4. The first-order chi connectivity index (χ1) is 31.3. The minimum Gasteiger partial charge on any atom is -0.452 e. The summed E-state index contributed by atoms with van der Waals surface area (Å²) in [7, 11) is 0. The van der Waals surface area contributed by atoms with Crippen molar-refractivity contribution in [1.82, 2.24) is 19.1 Å². The van der Waals surface area contributed by atoms with Crippen molar-refractivity contribution in [3.63, 3.8) is 0 Å². The van der Waals surface area contributed by atoms with E-state index in [4.69, 9.17) is 14.4 Å². The first-order valence-corrected chi connectivity index (χ1v) is 21.6. The smallest absolute Gasteiger partial charge is 0.180 e. The fraction of sp³-hybridized carbons (Fsp3) is 0.0345. The monoisotopic (exact) mass is 806 g/mol. The zero-order chi connectivity index (χ0) is 41.4. The second-order valence-electron chi connectivity index (χ2n) is 16.4. The quantitative estimate of drug-likeness (QED) is 0.168. The van der Waals surface area contributed by atoms with Crippen LogP contribution in [0.15, 0.2) is 217 Å². The Kier molecular flexibility index (Phi) is 7.97. The van der Waals surface area contributed by atoms with Gasteiger partial charge in [-0.1, -0.05) is 164 Å². The van der Waals surface area contributed by atoms with E-state index >= 15 is 0 Å². The molecular formula is C58H38N4O. The summed E-state index contributed by atoms with van der Waals surface area (Å²) >= 11 is 0. The van der Waals surface area contributed by atoms with Gasteiger partial charge in [-0.3, -0.25) is 0 Å². The zero-order valence-electron chi connectivity index (χ0n) is 34.2. The van der Waals surface area contributed by atoms with E-state index < -0.39 is 0 Å². The van der Waals surface area contributed by atoms with Crippen LogP contribution >= 0.6 is 0 Å². The summed E-state index contributed by atoms with van der Waals surface area (Å²) in [4.78, 5) is 10.7. The van der Waals surface area contributed by atoms with Crippen LogP contribution < -0.4 is 0 Å². The number of nitrogens with zero attached hydrogens (tertiary/aromatic N) is 4. The topological polar surface area (TPSA) is 48.8 Å². The summed E-state index contributed by atoms with van der Waals surface area (Å²) in [5, 5.41) is 5.80. The second-order valence-corrected chi connectivity index (χ2v) is 16.4. The molecule has 0 spiro atoms. The molecule has 12 aromatic rings. The van der Waals surface area contributed by atoms with Crippen LogP contribution in [0.2, 0.25) is 0 Å². The molecule has 296 valence electrons. The van der Waals surface area contributed by atoms with Crippen molar-refractivity contribution in [3.05, 3.63) is 218 Å². The standard InChI is InChI=1S/C58H38N4O/c1-5-19-37(20-6-1)47-35-40(52-57-53(46-29-15-18-32-51(46)63-57)60-58(59-52)39-23-9-3-10-24-39)36-48(38-21-7-2-8-22-38)54(47)62-50-31-17-14-28-43(50)45-34-33-44-42-27-13-16-30-49(42)61(55(44)56(45)62)41-25-11-4-12-26-41/h1-23,25-36,39H,24H2. The first-order valence-electron chi connectivity index (χ1n) is 21.6. The summed E-state index contributed by atoms with van der Waals surface area (Å²) in [6.07, 6.45) is 9.44. The van der Waals surface area contributed by atoms with Crippen LogP contribution in [0.3, 0.4) is 0 Å². The Morgan fingerprint density at radius 1 is 0.476 bits per heavy atom. The largest absolute Gasteiger partial charge is 0.452 e. The maximum atomic E-state index is 6.76. The van der Waals surface area contributed by atoms with E-state index in [1.807, 2.05) is 12.1 Å². The number of allylic oxidation sites excluding steroid dienone is 4. The molecule has 4 heterocycles. The number of rotatable bonds is 6. The lowest BCUT2D eigenvalue weighted by atomic mass is 9.91. The number of fused-ring (bicyclic) bond motifs is 10. The van der Waals surface area contributed by atoms with E-state index in [-0.39, 0.29) is 5.92 Å². The molecule has 0 aliphatic heterocycles. The lowest BCUT2D eigenvalue weighted by Crippen LogP contribution is -2.06. The summed E-state index contributed by atoms with van der Waals surface area (Å²) in [6.45, 7) is 0. The predicted octanol–water partition coefficient (Wildman–Crippen LogP) is 15.2. The maximum absolute atomic E-state index is 6.76. The van der Waals surface area contributed by atoms with Crippen LogP contribution in [0.1, 0.15) is 18.2 Å². The molecule has 0 bridgehead atoms. The molecule has 8 aromatic carbocycles. The number of furan rings is 1. The highest BCUT2D eigenvalue weighted by Crippen LogP contribution is 2.48. The average molecular weight is 807 g/mol. The van der Waals surface area contributed by atoms with Crippen molar-refractivity contribution in [1.29, 1.82) is 0 Å². The van der Waals surface area contributed by atoms with E-state index in [9.17, 15) is 0 Å². The Bertz CT molecular complexity index is 3760. The fourth-order valence-corrected chi connectivity index (χ4v) is 10.0. The molecule has 5 heteroatoms. The van der Waals surface area contributed by atoms with Crippen molar-refractivity contribution in [2.45, 2.75) is 12.3 Å². The molecule has 63 heavy (non-hydrogen) atoms. The molecule has 1 atom stereocenters. The van der Waals surface area contributed by atoms with Crippen molar-refractivity contribution in [3.8, 4) is 44.9 Å². The van der Waals surface area contributed by atoms with Crippen molar-refractivity contribution in [2.24, 2.45) is 0 Å². The molecule has 1 aliphatic rings. The Morgan fingerprint density at radius 2 is 1.03 bits per heavy atom. The Hall–Kier alpha value is -8.28. The third-order valence-electron chi connectivity index (χ3n) is 12.8. The van der Waals surface area contributed by atoms with Gasteiger partial charge in [0.15, 0.2) is 5.58 Å². The molecular weight excluding hydrogens is 769 g/mol. The lowest BCUT2D eigenvalue weighted by molar-refractivity contribution is 0.664. The highest BCUT2D eigenvalue weighted by molar-refractivity contribution is 6.24. The van der Waals surface area contributed by atoms with Gasteiger partial charge in [-0.05, 0) is 66.1 Å². The van der Waals surface area contributed by atoms with Gasteiger partial charge >= 0.3 is 0 Å². The summed E-state index contributed by atoms with van der Waals surface area (Å²) in [6, 6.07) is 67.6. The van der Waals surface area contributed by atoms with E-state index in [2.05, 4.69) is 209 Å². The third-order valence-corrected chi connectivity index (χ3v) is 12.8. The minimum atomic E-state index is 0.0460. The Balaban J connectivity index is 1.22. The molecule has 0 saturated carbocycles. The van der Waals surface area contributed by atoms with Crippen LogP contribution in [0.4, 0.5) is 0 Å². The van der Waals surface area contributed by atoms with E-state index in [1.54, 1.807) is 0 Å². The highest BCUT2D eigenvalue weighted by Gasteiger charge is 2.27. The van der Waals surface area contributed by atoms with Gasteiger partial charge in [0, 0.05) is 55.2 Å². The van der Waals surface area contributed by atoms with Crippen LogP contribution in [0.25, 0.3) is 111 Å². The van der Waals surface area contributed by atoms with Gasteiger partial charge in [0.1, 0.15) is 22.6 Å². The molecule has 0 saturated heterocycles. The number of hydrogen-bond donors (Lipinski definition) is 0. The lowest BCUT2D eigenvalue weighted by Gasteiger charge is -2.22. The van der Waals surface area contributed by atoms with Crippen molar-refractivity contribution < 1.29 is 4.42 Å². The third kappa shape index (κ3) is 5.49. The Morgan fingerprint density at radius 3 is 1.67 bits per heavy atom. The van der Waals surface area contributed by atoms with Crippen molar-refractivity contribution in [2.75, 3.05) is 0 Å². The Labute approximate surface area is 363 Å². The molecule has 0 N–H and O–H groups in total. The molecule has 4 aromatic heterocycles. The molecule has 5 nitrogen and oxygen atoms in total.